The Morgan fingerprint density at radius 3 is 2.24 bits per heavy atom. The van der Waals surface area contributed by atoms with Crippen LogP contribution in [0.15, 0.2) is 24.3 Å². The van der Waals surface area contributed by atoms with Crippen LogP contribution < -0.4 is 10.6 Å². The van der Waals surface area contributed by atoms with Gasteiger partial charge in [-0.2, -0.15) is 0 Å². The van der Waals surface area contributed by atoms with Gasteiger partial charge in [0.2, 0.25) is 11.8 Å². The average molecular weight is 402 g/mol. The first-order valence-corrected chi connectivity index (χ1v) is 11.3. The average Bonchev–Trinajstić information content (AvgIpc) is 2.74. The molecule has 5 nitrogen and oxygen atoms in total. The van der Waals surface area contributed by atoms with Crippen LogP contribution in [-0.2, 0) is 22.7 Å². The highest BCUT2D eigenvalue weighted by Gasteiger charge is 2.28. The molecule has 2 amide bonds. The monoisotopic (exact) mass is 401 g/mol. The molecule has 2 rings (SSSR count). The maximum absolute atomic E-state index is 12.9. The number of hydrogen-bond acceptors (Lipinski definition) is 3. The van der Waals surface area contributed by atoms with E-state index in [-0.39, 0.29) is 23.7 Å². The minimum absolute atomic E-state index is 0.0421. The first-order valence-electron chi connectivity index (χ1n) is 11.3. The molecule has 5 heteroatoms. The van der Waals surface area contributed by atoms with Gasteiger partial charge in [-0.05, 0) is 43.0 Å². The molecule has 2 N–H and O–H groups in total. The Labute approximate surface area is 176 Å². The van der Waals surface area contributed by atoms with E-state index in [0.717, 1.165) is 50.9 Å². The van der Waals surface area contributed by atoms with Crippen molar-refractivity contribution in [2.24, 2.45) is 11.8 Å². The summed E-state index contributed by atoms with van der Waals surface area (Å²) >= 11 is 0. The largest absolute Gasteiger partial charge is 0.350 e. The Kier molecular flexibility index (Phi) is 9.65. The zero-order chi connectivity index (χ0) is 21.2. The number of benzene rings is 1. The van der Waals surface area contributed by atoms with Crippen LogP contribution >= 0.6 is 0 Å². The van der Waals surface area contributed by atoms with E-state index in [4.69, 9.17) is 0 Å². The normalized spacial score (nSPS) is 16.1. The summed E-state index contributed by atoms with van der Waals surface area (Å²) in [6, 6.07) is 7.78. The van der Waals surface area contributed by atoms with E-state index in [9.17, 15) is 9.59 Å². The van der Waals surface area contributed by atoms with E-state index in [0.29, 0.717) is 6.54 Å². The van der Waals surface area contributed by atoms with E-state index < -0.39 is 6.04 Å². The van der Waals surface area contributed by atoms with Crippen LogP contribution in [0.2, 0.25) is 0 Å². The molecular formula is C24H39N3O2. The second-order valence-electron chi connectivity index (χ2n) is 8.51. The molecule has 1 aliphatic rings. The van der Waals surface area contributed by atoms with Crippen LogP contribution in [0.3, 0.4) is 0 Å². The van der Waals surface area contributed by atoms with Crippen molar-refractivity contribution in [3.05, 3.63) is 35.4 Å². The van der Waals surface area contributed by atoms with E-state index in [1.165, 1.54) is 12.0 Å². The molecule has 1 aliphatic carbocycles. The van der Waals surface area contributed by atoms with Crippen molar-refractivity contribution in [1.82, 2.24) is 15.5 Å². The van der Waals surface area contributed by atoms with E-state index in [1.54, 1.807) is 0 Å². The van der Waals surface area contributed by atoms with Gasteiger partial charge in [0.05, 0.1) is 0 Å². The lowest BCUT2D eigenvalue weighted by atomic mass is 9.88. The molecule has 1 fully saturated rings. The lowest BCUT2D eigenvalue weighted by Gasteiger charge is -2.26. The Hall–Kier alpha value is -1.88. The van der Waals surface area contributed by atoms with Gasteiger partial charge in [-0.15, -0.1) is 0 Å². The Morgan fingerprint density at radius 1 is 1.03 bits per heavy atom. The fourth-order valence-electron chi connectivity index (χ4n) is 4.04. The van der Waals surface area contributed by atoms with Crippen LogP contribution in [0.5, 0.6) is 0 Å². The zero-order valence-electron chi connectivity index (χ0n) is 18.7. The van der Waals surface area contributed by atoms with Crippen LogP contribution in [0.4, 0.5) is 0 Å². The minimum Gasteiger partial charge on any atom is -0.350 e. The Bertz CT molecular complexity index is 649. The van der Waals surface area contributed by atoms with Gasteiger partial charge in [0, 0.05) is 19.0 Å². The van der Waals surface area contributed by atoms with Crippen molar-refractivity contribution in [3.8, 4) is 0 Å². The molecule has 0 radical (unpaired) electrons. The third-order valence-corrected chi connectivity index (χ3v) is 6.08. The molecule has 0 spiro atoms. The highest BCUT2D eigenvalue weighted by Crippen LogP contribution is 2.24. The molecular weight excluding hydrogens is 362 g/mol. The second-order valence-corrected chi connectivity index (χ2v) is 8.51. The lowest BCUT2D eigenvalue weighted by Crippen LogP contribution is -2.51. The Balaban J connectivity index is 1.97. The fraction of sp³-hybridized carbons (Fsp3) is 0.667. The van der Waals surface area contributed by atoms with Crippen LogP contribution in [-0.4, -0.2) is 35.8 Å². The van der Waals surface area contributed by atoms with Gasteiger partial charge in [-0.1, -0.05) is 71.2 Å². The molecule has 162 valence electrons. The summed E-state index contributed by atoms with van der Waals surface area (Å²) in [5.41, 5.74) is 2.37. The number of hydrogen-bond donors (Lipinski definition) is 2. The summed E-state index contributed by atoms with van der Waals surface area (Å²) in [5, 5.41) is 6.09. The van der Waals surface area contributed by atoms with Crippen molar-refractivity contribution in [1.29, 1.82) is 0 Å². The highest BCUT2D eigenvalue weighted by atomic mass is 16.2. The van der Waals surface area contributed by atoms with Gasteiger partial charge >= 0.3 is 0 Å². The number of nitrogens with zero attached hydrogens (tertiary/aromatic N) is 1. The number of carbonyl (C=O) groups is 2. The molecule has 0 bridgehead atoms. The van der Waals surface area contributed by atoms with Crippen molar-refractivity contribution >= 4 is 11.8 Å². The van der Waals surface area contributed by atoms with E-state index in [1.807, 2.05) is 26.0 Å². The fourth-order valence-corrected chi connectivity index (χ4v) is 4.04. The summed E-state index contributed by atoms with van der Waals surface area (Å²) in [5.74, 6) is 0.0586. The minimum atomic E-state index is -0.487. The van der Waals surface area contributed by atoms with Gasteiger partial charge in [0.1, 0.15) is 6.04 Å². The number of amides is 2. The molecule has 1 atom stereocenters. The van der Waals surface area contributed by atoms with Crippen molar-refractivity contribution in [2.45, 2.75) is 78.9 Å². The molecule has 0 saturated heterocycles. The maximum Gasteiger partial charge on any atom is 0.243 e. The SMILES string of the molecule is CCN(CC)Cc1ccccc1CNC(=O)[C@H](NC(=O)C1CCCCC1)C(C)C. The zero-order valence-corrected chi connectivity index (χ0v) is 18.7. The molecule has 29 heavy (non-hydrogen) atoms. The van der Waals surface area contributed by atoms with Gasteiger partial charge in [-0.25, -0.2) is 0 Å². The number of rotatable bonds is 10. The molecule has 0 aliphatic heterocycles. The van der Waals surface area contributed by atoms with Crippen LogP contribution in [0.25, 0.3) is 0 Å². The molecule has 0 aromatic heterocycles. The second kappa shape index (κ2) is 12.0. The lowest BCUT2D eigenvalue weighted by molar-refractivity contribution is -0.132. The smallest absolute Gasteiger partial charge is 0.243 e. The quantitative estimate of drug-likeness (QED) is 0.626. The van der Waals surface area contributed by atoms with E-state index >= 15 is 0 Å². The van der Waals surface area contributed by atoms with Gasteiger partial charge in [-0.3, -0.25) is 14.5 Å². The molecule has 1 aromatic carbocycles. The van der Waals surface area contributed by atoms with E-state index in [2.05, 4.69) is 41.5 Å². The standard InChI is InChI=1S/C24H39N3O2/c1-5-27(6-2)17-21-15-11-10-14-20(21)16-25-24(29)22(18(3)4)26-23(28)19-12-8-7-9-13-19/h10-11,14-15,18-19,22H,5-9,12-13,16-17H2,1-4H3,(H,25,29)(H,26,28)/t22-/m1/s1. The predicted octanol–water partition coefficient (Wildman–Crippen LogP) is 3.87. The molecule has 0 unspecified atom stereocenters. The highest BCUT2D eigenvalue weighted by molar-refractivity contribution is 5.88. The first kappa shape index (κ1) is 23.4. The third kappa shape index (κ3) is 7.14. The topological polar surface area (TPSA) is 61.4 Å². The van der Waals surface area contributed by atoms with Crippen molar-refractivity contribution < 1.29 is 9.59 Å². The third-order valence-electron chi connectivity index (χ3n) is 6.08. The number of nitrogens with one attached hydrogen (secondary N) is 2. The molecule has 1 saturated carbocycles. The van der Waals surface area contributed by atoms with Gasteiger partial charge < -0.3 is 10.6 Å². The van der Waals surface area contributed by atoms with Crippen molar-refractivity contribution in [3.63, 3.8) is 0 Å². The summed E-state index contributed by atoms with van der Waals surface area (Å²) in [7, 11) is 0. The summed E-state index contributed by atoms with van der Waals surface area (Å²) in [6.45, 7) is 11.7. The first-order chi connectivity index (χ1) is 14.0. The Morgan fingerprint density at radius 2 is 1.66 bits per heavy atom. The molecule has 1 aromatic rings. The summed E-state index contributed by atoms with van der Waals surface area (Å²) in [4.78, 5) is 27.9. The number of carbonyl (C=O) groups excluding carboxylic acids is 2. The van der Waals surface area contributed by atoms with Crippen LogP contribution in [0.1, 0.15) is 70.9 Å². The summed E-state index contributed by atoms with van der Waals surface area (Å²) < 4.78 is 0. The van der Waals surface area contributed by atoms with Gasteiger partial charge in [0.15, 0.2) is 0 Å². The maximum atomic E-state index is 12.9. The summed E-state index contributed by atoms with van der Waals surface area (Å²) in [6.07, 6.45) is 5.32. The molecule has 0 heterocycles. The van der Waals surface area contributed by atoms with Gasteiger partial charge in [0.25, 0.3) is 0 Å². The van der Waals surface area contributed by atoms with Crippen LogP contribution in [0, 0.1) is 11.8 Å². The predicted molar refractivity (Wildman–Crippen MR) is 118 cm³/mol. The van der Waals surface area contributed by atoms with Crippen molar-refractivity contribution in [2.75, 3.05) is 13.1 Å².